The van der Waals surface area contributed by atoms with E-state index >= 15 is 0 Å². The largest absolute Gasteiger partial charge is 0.508 e. The first-order valence-electron chi connectivity index (χ1n) is 7.17. The van der Waals surface area contributed by atoms with Gasteiger partial charge in [0.1, 0.15) is 16.9 Å². The molecule has 0 aliphatic heterocycles. The number of benzene rings is 2. The number of nitrogens with one attached hydrogen (secondary N) is 1. The summed E-state index contributed by atoms with van der Waals surface area (Å²) in [6.45, 7) is 1.80. The van der Waals surface area contributed by atoms with Crippen molar-refractivity contribution in [1.29, 1.82) is 0 Å². The molecule has 0 radical (unpaired) electrons. The number of aromatic hydroxyl groups is 1. The third-order valence-electron chi connectivity index (χ3n) is 3.63. The van der Waals surface area contributed by atoms with E-state index in [1.54, 1.807) is 49.4 Å². The van der Waals surface area contributed by atoms with Crippen molar-refractivity contribution >= 4 is 16.9 Å². The van der Waals surface area contributed by atoms with Gasteiger partial charge in [-0.05, 0) is 36.8 Å². The Labute approximate surface area is 132 Å². The second-order valence-electron chi connectivity index (χ2n) is 5.27. The van der Waals surface area contributed by atoms with Crippen molar-refractivity contribution in [3.05, 3.63) is 76.1 Å². The fourth-order valence-corrected chi connectivity index (χ4v) is 2.34. The number of amides is 1. The lowest BCUT2D eigenvalue weighted by atomic mass is 10.1. The predicted molar refractivity (Wildman–Crippen MR) is 86.5 cm³/mol. The minimum atomic E-state index is -0.667. The molecule has 5 heteroatoms. The monoisotopic (exact) mass is 309 g/mol. The first kappa shape index (κ1) is 14.8. The zero-order chi connectivity index (χ0) is 16.4. The van der Waals surface area contributed by atoms with E-state index in [0.717, 1.165) is 5.56 Å². The van der Waals surface area contributed by atoms with Crippen LogP contribution in [-0.4, -0.2) is 11.0 Å². The lowest BCUT2D eigenvalue weighted by Crippen LogP contribution is -2.30. The number of carbonyl (C=O) groups excluding carboxylic acids is 1. The molecular formula is C18H15NO4. The van der Waals surface area contributed by atoms with Crippen molar-refractivity contribution in [1.82, 2.24) is 5.32 Å². The first-order valence-corrected chi connectivity index (χ1v) is 7.17. The van der Waals surface area contributed by atoms with Gasteiger partial charge in [0.2, 0.25) is 0 Å². The topological polar surface area (TPSA) is 79.5 Å². The van der Waals surface area contributed by atoms with Gasteiger partial charge in [0.15, 0.2) is 0 Å². The van der Waals surface area contributed by atoms with Crippen LogP contribution in [0.15, 0.2) is 63.8 Å². The minimum Gasteiger partial charge on any atom is -0.508 e. The Bertz CT molecular complexity index is 912. The van der Waals surface area contributed by atoms with Crippen molar-refractivity contribution in [3.63, 3.8) is 0 Å². The van der Waals surface area contributed by atoms with Gasteiger partial charge in [-0.2, -0.15) is 0 Å². The minimum absolute atomic E-state index is 0.0330. The molecule has 1 atom stereocenters. The first-order chi connectivity index (χ1) is 11.0. The number of fused-ring (bicyclic) bond motifs is 1. The fraction of sp³-hybridized carbons (Fsp3) is 0.111. The number of para-hydroxylation sites is 1. The fourth-order valence-electron chi connectivity index (χ4n) is 2.34. The van der Waals surface area contributed by atoms with Gasteiger partial charge in [-0.1, -0.05) is 30.3 Å². The Hall–Kier alpha value is -3.08. The summed E-state index contributed by atoms with van der Waals surface area (Å²) in [6.07, 6.45) is 0. The number of carbonyl (C=O) groups is 1. The molecule has 1 aromatic heterocycles. The van der Waals surface area contributed by atoms with E-state index in [2.05, 4.69) is 5.32 Å². The molecule has 1 heterocycles. The molecule has 3 rings (SSSR count). The Morgan fingerprint density at radius 1 is 1.13 bits per heavy atom. The highest BCUT2D eigenvalue weighted by atomic mass is 16.4. The van der Waals surface area contributed by atoms with Crippen LogP contribution in [0, 0.1) is 0 Å². The summed E-state index contributed by atoms with van der Waals surface area (Å²) in [5.41, 5.74) is 0.565. The van der Waals surface area contributed by atoms with E-state index in [0.29, 0.717) is 11.0 Å². The average Bonchev–Trinajstić information content (AvgIpc) is 2.54. The zero-order valence-electron chi connectivity index (χ0n) is 12.4. The SMILES string of the molecule is C[C@H](NC(=O)c1cc2ccccc2oc1=O)c1ccc(O)cc1. The summed E-state index contributed by atoms with van der Waals surface area (Å²) in [4.78, 5) is 24.3. The molecule has 0 saturated carbocycles. The van der Waals surface area contributed by atoms with Gasteiger partial charge >= 0.3 is 5.63 Å². The summed E-state index contributed by atoms with van der Waals surface area (Å²) < 4.78 is 5.17. The summed E-state index contributed by atoms with van der Waals surface area (Å²) in [5.74, 6) is -0.340. The lowest BCUT2D eigenvalue weighted by Gasteiger charge is -2.14. The van der Waals surface area contributed by atoms with Gasteiger partial charge in [-0.15, -0.1) is 0 Å². The van der Waals surface area contributed by atoms with Crippen LogP contribution in [0.3, 0.4) is 0 Å². The second kappa shape index (κ2) is 5.96. The maximum absolute atomic E-state index is 12.3. The number of rotatable bonds is 3. The molecule has 0 aliphatic carbocycles. The molecule has 0 bridgehead atoms. The van der Waals surface area contributed by atoms with E-state index in [9.17, 15) is 14.7 Å². The maximum Gasteiger partial charge on any atom is 0.349 e. The lowest BCUT2D eigenvalue weighted by molar-refractivity contribution is 0.0936. The highest BCUT2D eigenvalue weighted by Gasteiger charge is 2.16. The second-order valence-corrected chi connectivity index (χ2v) is 5.27. The van der Waals surface area contributed by atoms with Gasteiger partial charge in [-0.3, -0.25) is 4.79 Å². The molecule has 2 aromatic carbocycles. The standard InChI is InChI=1S/C18H15NO4/c1-11(12-6-8-14(20)9-7-12)19-17(21)15-10-13-4-2-3-5-16(13)23-18(15)22/h2-11,20H,1H3,(H,19,21)/t11-/m0/s1. The van der Waals surface area contributed by atoms with E-state index in [4.69, 9.17) is 4.42 Å². The molecular weight excluding hydrogens is 294 g/mol. The molecule has 0 aliphatic rings. The van der Waals surface area contributed by atoms with Crippen LogP contribution in [0.5, 0.6) is 5.75 Å². The van der Waals surface area contributed by atoms with Crippen LogP contribution in [-0.2, 0) is 0 Å². The average molecular weight is 309 g/mol. The van der Waals surface area contributed by atoms with Crippen LogP contribution in [0.25, 0.3) is 11.0 Å². The summed E-state index contributed by atoms with van der Waals surface area (Å²) in [6, 6.07) is 14.8. The zero-order valence-corrected chi connectivity index (χ0v) is 12.4. The smallest absolute Gasteiger partial charge is 0.349 e. The van der Waals surface area contributed by atoms with Gasteiger partial charge in [0.25, 0.3) is 5.91 Å². The summed E-state index contributed by atoms with van der Waals surface area (Å²) in [7, 11) is 0. The Morgan fingerprint density at radius 2 is 1.83 bits per heavy atom. The van der Waals surface area contributed by atoms with Crippen LogP contribution >= 0.6 is 0 Å². The molecule has 23 heavy (non-hydrogen) atoms. The summed E-state index contributed by atoms with van der Waals surface area (Å²) >= 11 is 0. The molecule has 0 fully saturated rings. The van der Waals surface area contributed by atoms with Gasteiger partial charge in [0, 0.05) is 5.39 Å². The van der Waals surface area contributed by atoms with Crippen LogP contribution < -0.4 is 10.9 Å². The third kappa shape index (κ3) is 3.08. The molecule has 1 amide bonds. The van der Waals surface area contributed by atoms with Gasteiger partial charge < -0.3 is 14.8 Å². The highest BCUT2D eigenvalue weighted by molar-refractivity contribution is 5.96. The molecule has 0 unspecified atom stereocenters. The van der Waals surface area contributed by atoms with Crippen molar-refractivity contribution in [2.75, 3.05) is 0 Å². The van der Waals surface area contributed by atoms with Crippen molar-refractivity contribution in [2.24, 2.45) is 0 Å². The number of phenolic OH excluding ortho intramolecular Hbond substituents is 1. The quantitative estimate of drug-likeness (QED) is 0.729. The van der Waals surface area contributed by atoms with Crippen LogP contribution in [0.4, 0.5) is 0 Å². The number of phenols is 1. The maximum atomic E-state index is 12.3. The van der Waals surface area contributed by atoms with E-state index in [-0.39, 0.29) is 17.4 Å². The van der Waals surface area contributed by atoms with E-state index in [1.807, 2.05) is 6.07 Å². The van der Waals surface area contributed by atoms with Crippen molar-refractivity contribution in [2.45, 2.75) is 13.0 Å². The molecule has 116 valence electrons. The molecule has 5 nitrogen and oxygen atoms in total. The van der Waals surface area contributed by atoms with Gasteiger partial charge in [-0.25, -0.2) is 4.79 Å². The Morgan fingerprint density at radius 3 is 2.57 bits per heavy atom. The van der Waals surface area contributed by atoms with E-state index in [1.165, 1.54) is 6.07 Å². The van der Waals surface area contributed by atoms with Crippen molar-refractivity contribution in [3.8, 4) is 5.75 Å². The third-order valence-corrected chi connectivity index (χ3v) is 3.63. The van der Waals surface area contributed by atoms with Crippen LogP contribution in [0.1, 0.15) is 28.9 Å². The van der Waals surface area contributed by atoms with Crippen LogP contribution in [0.2, 0.25) is 0 Å². The Kier molecular flexibility index (Phi) is 3.85. The number of hydrogen-bond donors (Lipinski definition) is 2. The molecule has 0 saturated heterocycles. The highest BCUT2D eigenvalue weighted by Crippen LogP contribution is 2.17. The van der Waals surface area contributed by atoms with E-state index < -0.39 is 11.5 Å². The predicted octanol–water partition coefficient (Wildman–Crippen LogP) is 2.99. The molecule has 2 N–H and O–H groups in total. The Balaban J connectivity index is 1.87. The molecule has 0 spiro atoms. The van der Waals surface area contributed by atoms with Gasteiger partial charge in [0.05, 0.1) is 6.04 Å². The molecule has 3 aromatic rings. The van der Waals surface area contributed by atoms with Crippen molar-refractivity contribution < 1.29 is 14.3 Å². The summed E-state index contributed by atoms with van der Waals surface area (Å²) in [5, 5.41) is 12.7. The number of hydrogen-bond acceptors (Lipinski definition) is 4. The normalized spacial score (nSPS) is 12.0.